The van der Waals surface area contributed by atoms with Gasteiger partial charge in [-0.3, -0.25) is 0 Å². The Kier molecular flexibility index (Phi) is 3.16. The molecular weight excluding hydrogens is 128 g/mol. The summed E-state index contributed by atoms with van der Waals surface area (Å²) >= 11 is 0. The Hall–Kier alpha value is -0.0800. The fraction of sp³-hybridized carbons (Fsp3) is 1.00. The Labute approximate surface area is 62.2 Å². The predicted molar refractivity (Wildman–Crippen MR) is 38.3 cm³/mol. The number of rotatable bonds is 4. The topological polar surface area (TPSA) is 29.1 Å². The van der Waals surface area contributed by atoms with Crippen molar-refractivity contribution in [3.05, 3.63) is 0 Å². The van der Waals surface area contributed by atoms with E-state index in [1.807, 2.05) is 0 Å². The molecule has 0 bridgehead atoms. The lowest BCUT2D eigenvalue weighted by Crippen LogP contribution is -2.37. The minimum atomic E-state index is -0.353. The number of ether oxygens (including phenoxy) is 1. The van der Waals surface area contributed by atoms with Gasteiger partial charge in [0.25, 0.3) is 0 Å². The molecule has 0 aromatic heterocycles. The van der Waals surface area contributed by atoms with Crippen LogP contribution in [0.15, 0.2) is 0 Å². The largest absolute Gasteiger partial charge is 0.380 e. The van der Waals surface area contributed by atoms with Crippen molar-refractivity contribution in [3.8, 4) is 0 Å². The van der Waals surface area contributed by atoms with Gasteiger partial charge in [0, 0.05) is 5.92 Å². The van der Waals surface area contributed by atoms with Gasteiger partial charge < -0.3 is 4.74 Å². The van der Waals surface area contributed by atoms with E-state index in [2.05, 4.69) is 6.92 Å². The first-order valence-corrected chi connectivity index (χ1v) is 4.08. The highest BCUT2D eigenvalue weighted by Crippen LogP contribution is 2.18. The fourth-order valence-electron chi connectivity index (χ4n) is 1.11. The zero-order valence-corrected chi connectivity index (χ0v) is 6.51. The summed E-state index contributed by atoms with van der Waals surface area (Å²) in [7, 11) is 0. The molecule has 0 amide bonds. The maximum atomic E-state index is 11.2. The molecule has 1 saturated heterocycles. The molecule has 2 heteroatoms. The molecule has 1 aliphatic rings. The van der Waals surface area contributed by atoms with E-state index in [1.165, 1.54) is 0 Å². The Balaban J connectivity index is 2.02. The molecule has 0 aromatic rings. The van der Waals surface area contributed by atoms with Crippen molar-refractivity contribution in [1.82, 2.24) is 0 Å². The highest BCUT2D eigenvalue weighted by atomic mass is 16.5. The third kappa shape index (κ3) is 1.96. The van der Waals surface area contributed by atoms with Crippen molar-refractivity contribution in [2.75, 3.05) is 13.2 Å². The Morgan fingerprint density at radius 2 is 2.30 bits per heavy atom. The van der Waals surface area contributed by atoms with E-state index in [9.17, 15) is 5.11 Å². The van der Waals surface area contributed by atoms with Crippen LogP contribution < -0.4 is 0 Å². The molecule has 1 unspecified atom stereocenters. The molecule has 2 nitrogen and oxygen atoms in total. The second-order valence-corrected chi connectivity index (χ2v) is 2.98. The molecule has 1 radical (unpaired) electrons. The van der Waals surface area contributed by atoms with Gasteiger partial charge in [0.1, 0.15) is 6.10 Å². The van der Waals surface area contributed by atoms with E-state index >= 15 is 0 Å². The minimum Gasteiger partial charge on any atom is -0.380 e. The van der Waals surface area contributed by atoms with E-state index in [4.69, 9.17) is 4.74 Å². The molecule has 1 aliphatic heterocycles. The SMILES string of the molecule is CCCCC([O])C1COC1. The van der Waals surface area contributed by atoms with Crippen molar-refractivity contribution in [1.29, 1.82) is 0 Å². The van der Waals surface area contributed by atoms with Gasteiger partial charge in [0.15, 0.2) is 0 Å². The third-order valence-corrected chi connectivity index (χ3v) is 2.03. The first kappa shape index (κ1) is 8.02. The molecule has 0 aromatic carbocycles. The van der Waals surface area contributed by atoms with Crippen molar-refractivity contribution >= 4 is 0 Å². The molecule has 1 rings (SSSR count). The van der Waals surface area contributed by atoms with Crippen molar-refractivity contribution in [2.45, 2.75) is 32.3 Å². The first-order valence-electron chi connectivity index (χ1n) is 4.08. The monoisotopic (exact) mass is 143 g/mol. The standard InChI is InChI=1S/C8H15O2/c1-2-3-4-8(9)7-5-10-6-7/h7-8H,2-6H2,1H3. The van der Waals surface area contributed by atoms with E-state index < -0.39 is 0 Å². The molecule has 1 fully saturated rings. The molecule has 1 heterocycles. The average molecular weight is 143 g/mol. The van der Waals surface area contributed by atoms with Crippen LogP contribution in [0.25, 0.3) is 0 Å². The maximum absolute atomic E-state index is 11.2. The van der Waals surface area contributed by atoms with Crippen LogP contribution in [0.3, 0.4) is 0 Å². The lowest BCUT2D eigenvalue weighted by Gasteiger charge is -2.28. The zero-order valence-electron chi connectivity index (χ0n) is 6.51. The Morgan fingerprint density at radius 1 is 1.60 bits per heavy atom. The lowest BCUT2D eigenvalue weighted by atomic mass is 9.96. The maximum Gasteiger partial charge on any atom is 0.100 e. The number of hydrogen-bond acceptors (Lipinski definition) is 1. The molecule has 10 heavy (non-hydrogen) atoms. The second-order valence-electron chi connectivity index (χ2n) is 2.98. The highest BCUT2D eigenvalue weighted by molar-refractivity contribution is 4.73. The van der Waals surface area contributed by atoms with Gasteiger partial charge in [-0.2, -0.15) is 0 Å². The van der Waals surface area contributed by atoms with E-state index in [0.717, 1.165) is 19.3 Å². The summed E-state index contributed by atoms with van der Waals surface area (Å²) in [6.07, 6.45) is 2.69. The number of unbranched alkanes of at least 4 members (excludes halogenated alkanes) is 1. The Bertz CT molecular complexity index is 89.3. The smallest absolute Gasteiger partial charge is 0.100 e. The summed E-state index contributed by atoms with van der Waals surface area (Å²) < 4.78 is 4.94. The average Bonchev–Trinajstić information content (AvgIpc) is 1.79. The van der Waals surface area contributed by atoms with Crippen LogP contribution in [-0.4, -0.2) is 19.3 Å². The summed E-state index contributed by atoms with van der Waals surface area (Å²) in [6.45, 7) is 3.53. The van der Waals surface area contributed by atoms with Gasteiger partial charge in [0.05, 0.1) is 13.2 Å². The van der Waals surface area contributed by atoms with Crippen molar-refractivity contribution in [2.24, 2.45) is 5.92 Å². The van der Waals surface area contributed by atoms with Crippen LogP contribution in [0.1, 0.15) is 26.2 Å². The predicted octanol–water partition coefficient (Wildman–Crippen LogP) is 1.62. The van der Waals surface area contributed by atoms with Crippen LogP contribution in [0.5, 0.6) is 0 Å². The Morgan fingerprint density at radius 3 is 2.70 bits per heavy atom. The summed E-state index contributed by atoms with van der Waals surface area (Å²) in [5.41, 5.74) is 0. The molecule has 0 saturated carbocycles. The van der Waals surface area contributed by atoms with Gasteiger partial charge in [-0.05, 0) is 6.42 Å². The molecule has 0 N–H and O–H groups in total. The number of hydrogen-bond donors (Lipinski definition) is 0. The molecule has 0 spiro atoms. The summed E-state index contributed by atoms with van der Waals surface area (Å²) in [5, 5.41) is 11.2. The van der Waals surface area contributed by atoms with Crippen LogP contribution >= 0.6 is 0 Å². The van der Waals surface area contributed by atoms with Gasteiger partial charge in [-0.1, -0.05) is 19.8 Å². The second kappa shape index (κ2) is 3.94. The third-order valence-electron chi connectivity index (χ3n) is 2.03. The van der Waals surface area contributed by atoms with Crippen LogP contribution in [0.2, 0.25) is 0 Å². The minimum absolute atomic E-state index is 0.326. The van der Waals surface area contributed by atoms with Crippen LogP contribution in [-0.2, 0) is 9.84 Å². The summed E-state index contributed by atoms with van der Waals surface area (Å²) in [4.78, 5) is 0. The van der Waals surface area contributed by atoms with Crippen LogP contribution in [0, 0.1) is 5.92 Å². The molecule has 59 valence electrons. The van der Waals surface area contributed by atoms with Gasteiger partial charge in [-0.15, -0.1) is 0 Å². The van der Waals surface area contributed by atoms with Gasteiger partial charge >= 0.3 is 0 Å². The van der Waals surface area contributed by atoms with E-state index in [-0.39, 0.29) is 6.10 Å². The molecule has 0 aliphatic carbocycles. The highest BCUT2D eigenvalue weighted by Gasteiger charge is 2.27. The lowest BCUT2D eigenvalue weighted by molar-refractivity contribution is -0.114. The normalized spacial score (nSPS) is 22.2. The van der Waals surface area contributed by atoms with E-state index in [1.54, 1.807) is 0 Å². The quantitative estimate of drug-likeness (QED) is 0.588. The zero-order chi connectivity index (χ0) is 7.40. The van der Waals surface area contributed by atoms with Gasteiger partial charge in [0.2, 0.25) is 0 Å². The summed E-state index contributed by atoms with van der Waals surface area (Å²) in [5.74, 6) is 0.326. The van der Waals surface area contributed by atoms with Crippen LogP contribution in [0.4, 0.5) is 0 Å². The fourth-order valence-corrected chi connectivity index (χ4v) is 1.11. The first-order chi connectivity index (χ1) is 4.84. The summed E-state index contributed by atoms with van der Waals surface area (Å²) in [6, 6.07) is 0. The van der Waals surface area contributed by atoms with Crippen molar-refractivity contribution in [3.63, 3.8) is 0 Å². The van der Waals surface area contributed by atoms with Crippen molar-refractivity contribution < 1.29 is 9.84 Å². The molecule has 1 atom stereocenters. The van der Waals surface area contributed by atoms with E-state index in [0.29, 0.717) is 19.1 Å². The molecular formula is C8H15O2. The van der Waals surface area contributed by atoms with Gasteiger partial charge in [-0.25, -0.2) is 5.11 Å².